The Bertz CT molecular complexity index is 458. The molecule has 0 radical (unpaired) electrons. The summed E-state index contributed by atoms with van der Waals surface area (Å²) in [5.41, 5.74) is 1.12. The molecule has 1 fully saturated rings. The Morgan fingerprint density at radius 2 is 1.82 bits per heavy atom. The van der Waals surface area contributed by atoms with Crippen LogP contribution in [-0.2, 0) is 4.79 Å². The van der Waals surface area contributed by atoms with Gasteiger partial charge in [0.25, 0.3) is 0 Å². The standard InChI is InChI=1S/C17H27N3O2/c1-14(16-6-4-3-5-7-16)18-17(22)15(2)20-10-8-19(9-11-20)12-13-21/h3-7,14-15,21H,8-13H2,1-2H3,(H,18,22). The number of carbonyl (C=O) groups is 1. The summed E-state index contributed by atoms with van der Waals surface area (Å²) < 4.78 is 0. The Labute approximate surface area is 132 Å². The van der Waals surface area contributed by atoms with Gasteiger partial charge in [-0.15, -0.1) is 0 Å². The van der Waals surface area contributed by atoms with E-state index in [1.54, 1.807) is 0 Å². The first-order valence-electron chi connectivity index (χ1n) is 8.04. The van der Waals surface area contributed by atoms with E-state index in [0.29, 0.717) is 0 Å². The molecule has 5 nitrogen and oxygen atoms in total. The molecular weight excluding hydrogens is 278 g/mol. The smallest absolute Gasteiger partial charge is 0.237 e. The van der Waals surface area contributed by atoms with E-state index in [1.807, 2.05) is 44.2 Å². The van der Waals surface area contributed by atoms with Gasteiger partial charge in [0.1, 0.15) is 0 Å². The van der Waals surface area contributed by atoms with Crippen LogP contribution in [0.5, 0.6) is 0 Å². The minimum atomic E-state index is -0.123. The van der Waals surface area contributed by atoms with Gasteiger partial charge in [0.2, 0.25) is 5.91 Å². The largest absolute Gasteiger partial charge is 0.395 e. The molecule has 1 amide bonds. The van der Waals surface area contributed by atoms with Gasteiger partial charge in [0.15, 0.2) is 0 Å². The second-order valence-electron chi connectivity index (χ2n) is 5.92. The molecule has 2 atom stereocenters. The molecule has 1 aliphatic heterocycles. The van der Waals surface area contributed by atoms with Gasteiger partial charge in [-0.25, -0.2) is 0 Å². The summed E-state index contributed by atoms with van der Waals surface area (Å²) in [6.45, 7) is 8.46. The molecule has 0 aromatic heterocycles. The summed E-state index contributed by atoms with van der Waals surface area (Å²) in [5.74, 6) is 0.0759. The lowest BCUT2D eigenvalue weighted by atomic mass is 10.1. The highest BCUT2D eigenvalue weighted by Crippen LogP contribution is 2.13. The van der Waals surface area contributed by atoms with Gasteiger partial charge in [-0.1, -0.05) is 30.3 Å². The van der Waals surface area contributed by atoms with Crippen LogP contribution in [0.3, 0.4) is 0 Å². The van der Waals surface area contributed by atoms with Crippen LogP contribution in [-0.4, -0.2) is 66.2 Å². The van der Waals surface area contributed by atoms with Crippen LogP contribution in [0.4, 0.5) is 0 Å². The lowest BCUT2D eigenvalue weighted by Gasteiger charge is -2.37. The van der Waals surface area contributed by atoms with Crippen molar-refractivity contribution in [3.05, 3.63) is 35.9 Å². The predicted molar refractivity (Wildman–Crippen MR) is 87.6 cm³/mol. The summed E-state index contributed by atoms with van der Waals surface area (Å²) in [6.07, 6.45) is 0. The Kier molecular flexibility index (Phi) is 6.36. The second-order valence-corrected chi connectivity index (χ2v) is 5.92. The average Bonchev–Trinajstić information content (AvgIpc) is 2.56. The third-order valence-corrected chi connectivity index (χ3v) is 4.41. The number of aliphatic hydroxyl groups is 1. The highest BCUT2D eigenvalue weighted by atomic mass is 16.3. The summed E-state index contributed by atoms with van der Waals surface area (Å²) in [6, 6.07) is 9.91. The Balaban J connectivity index is 1.82. The summed E-state index contributed by atoms with van der Waals surface area (Å²) >= 11 is 0. The van der Waals surface area contributed by atoms with E-state index in [1.165, 1.54) is 0 Å². The Morgan fingerprint density at radius 1 is 1.18 bits per heavy atom. The quantitative estimate of drug-likeness (QED) is 0.818. The molecule has 2 unspecified atom stereocenters. The molecule has 22 heavy (non-hydrogen) atoms. The fourth-order valence-corrected chi connectivity index (χ4v) is 2.84. The number of amides is 1. The topological polar surface area (TPSA) is 55.8 Å². The van der Waals surface area contributed by atoms with Gasteiger partial charge >= 0.3 is 0 Å². The lowest BCUT2D eigenvalue weighted by Crippen LogP contribution is -2.54. The first kappa shape index (κ1) is 16.9. The number of rotatable bonds is 6. The van der Waals surface area contributed by atoms with E-state index in [-0.39, 0.29) is 24.6 Å². The summed E-state index contributed by atoms with van der Waals surface area (Å²) in [5, 5.41) is 12.1. The van der Waals surface area contributed by atoms with E-state index in [9.17, 15) is 4.79 Å². The number of carbonyl (C=O) groups excluding carboxylic acids is 1. The van der Waals surface area contributed by atoms with Crippen molar-refractivity contribution in [1.29, 1.82) is 0 Å². The highest BCUT2D eigenvalue weighted by Gasteiger charge is 2.26. The van der Waals surface area contributed by atoms with E-state index >= 15 is 0 Å². The van der Waals surface area contributed by atoms with E-state index in [0.717, 1.165) is 38.3 Å². The molecule has 2 rings (SSSR count). The molecule has 1 aliphatic rings. The van der Waals surface area contributed by atoms with Gasteiger partial charge in [-0.3, -0.25) is 14.6 Å². The first-order valence-corrected chi connectivity index (χ1v) is 8.04. The van der Waals surface area contributed by atoms with Crippen molar-refractivity contribution in [1.82, 2.24) is 15.1 Å². The normalized spacial score (nSPS) is 19.6. The van der Waals surface area contributed by atoms with Gasteiger partial charge in [0, 0.05) is 32.7 Å². The van der Waals surface area contributed by atoms with Gasteiger partial charge in [-0.05, 0) is 19.4 Å². The van der Waals surface area contributed by atoms with Crippen LogP contribution in [0.25, 0.3) is 0 Å². The van der Waals surface area contributed by atoms with Crippen LogP contribution in [0.15, 0.2) is 30.3 Å². The molecule has 0 spiro atoms. The van der Waals surface area contributed by atoms with Gasteiger partial charge < -0.3 is 10.4 Å². The van der Waals surface area contributed by atoms with E-state index < -0.39 is 0 Å². The number of hydrogen-bond acceptors (Lipinski definition) is 4. The lowest BCUT2D eigenvalue weighted by molar-refractivity contribution is -0.127. The SMILES string of the molecule is CC(NC(=O)C(C)N1CCN(CCO)CC1)c1ccccc1. The van der Waals surface area contributed by atoms with Crippen molar-refractivity contribution in [3.8, 4) is 0 Å². The Hall–Kier alpha value is -1.43. The second kappa shape index (κ2) is 8.27. The highest BCUT2D eigenvalue weighted by molar-refractivity contribution is 5.81. The van der Waals surface area contributed by atoms with E-state index in [2.05, 4.69) is 15.1 Å². The molecule has 1 aromatic carbocycles. The molecule has 1 saturated heterocycles. The summed E-state index contributed by atoms with van der Waals surface area (Å²) in [4.78, 5) is 16.9. The molecule has 1 heterocycles. The van der Waals surface area contributed by atoms with Crippen LogP contribution < -0.4 is 5.32 Å². The molecular formula is C17H27N3O2. The predicted octanol–water partition coefficient (Wildman–Crippen LogP) is 0.862. The zero-order valence-electron chi connectivity index (χ0n) is 13.5. The number of β-amino-alcohol motifs (C(OH)–C–C–N with tert-alkyl or cyclic N) is 1. The fourth-order valence-electron chi connectivity index (χ4n) is 2.84. The van der Waals surface area contributed by atoms with Crippen LogP contribution in [0.1, 0.15) is 25.5 Å². The van der Waals surface area contributed by atoms with Crippen molar-refractivity contribution in [2.75, 3.05) is 39.3 Å². The number of benzene rings is 1. The minimum Gasteiger partial charge on any atom is -0.395 e. The van der Waals surface area contributed by atoms with Crippen LogP contribution in [0.2, 0.25) is 0 Å². The molecule has 122 valence electrons. The van der Waals surface area contributed by atoms with Gasteiger partial charge in [-0.2, -0.15) is 0 Å². The average molecular weight is 305 g/mol. The minimum absolute atomic E-state index is 0.0202. The van der Waals surface area contributed by atoms with Crippen molar-refractivity contribution in [2.45, 2.75) is 25.9 Å². The number of nitrogens with zero attached hydrogens (tertiary/aromatic N) is 2. The van der Waals surface area contributed by atoms with Crippen molar-refractivity contribution >= 4 is 5.91 Å². The maximum absolute atomic E-state index is 12.4. The monoisotopic (exact) mass is 305 g/mol. The number of aliphatic hydroxyl groups excluding tert-OH is 1. The zero-order valence-corrected chi connectivity index (χ0v) is 13.5. The maximum atomic E-state index is 12.4. The zero-order chi connectivity index (χ0) is 15.9. The molecule has 5 heteroatoms. The van der Waals surface area contributed by atoms with Gasteiger partial charge in [0.05, 0.1) is 18.7 Å². The Morgan fingerprint density at radius 3 is 2.41 bits per heavy atom. The molecule has 0 bridgehead atoms. The van der Waals surface area contributed by atoms with Crippen molar-refractivity contribution in [3.63, 3.8) is 0 Å². The first-order chi connectivity index (χ1) is 10.6. The third-order valence-electron chi connectivity index (χ3n) is 4.41. The number of hydrogen-bond donors (Lipinski definition) is 2. The van der Waals surface area contributed by atoms with Crippen molar-refractivity contribution in [2.24, 2.45) is 0 Å². The number of nitrogens with one attached hydrogen (secondary N) is 1. The van der Waals surface area contributed by atoms with Crippen LogP contribution >= 0.6 is 0 Å². The summed E-state index contributed by atoms with van der Waals surface area (Å²) in [7, 11) is 0. The number of piperazine rings is 1. The van der Waals surface area contributed by atoms with Crippen LogP contribution in [0, 0.1) is 0 Å². The van der Waals surface area contributed by atoms with E-state index in [4.69, 9.17) is 5.11 Å². The maximum Gasteiger partial charge on any atom is 0.237 e. The van der Waals surface area contributed by atoms with Crippen molar-refractivity contribution < 1.29 is 9.90 Å². The molecule has 0 saturated carbocycles. The fraction of sp³-hybridized carbons (Fsp3) is 0.588. The molecule has 2 N–H and O–H groups in total. The molecule has 0 aliphatic carbocycles. The third kappa shape index (κ3) is 4.53. The molecule has 1 aromatic rings.